The molecule has 2 unspecified atom stereocenters. The quantitative estimate of drug-likeness (QED) is 0.541. The van der Waals surface area contributed by atoms with Crippen LogP contribution in [0.3, 0.4) is 0 Å². The molecule has 0 aromatic rings. The van der Waals surface area contributed by atoms with Crippen LogP contribution in [0.5, 0.6) is 0 Å². The lowest BCUT2D eigenvalue weighted by molar-refractivity contribution is -0.142. The van der Waals surface area contributed by atoms with Crippen molar-refractivity contribution in [2.24, 2.45) is 11.8 Å². The van der Waals surface area contributed by atoms with Gasteiger partial charge < -0.3 is 5.11 Å². The Morgan fingerprint density at radius 2 is 1.94 bits per heavy atom. The standard InChI is InChI=1S/C10H17N3O4/c1-6-3-13(4-8(6)10(16)17)5-9(15)12-11-7(2)14/h6,8H,3-5H2,1-2H3,(H,11,14)(H,12,15)(H,16,17). The molecule has 1 fully saturated rings. The van der Waals surface area contributed by atoms with Gasteiger partial charge >= 0.3 is 5.97 Å². The SMILES string of the molecule is CC(=O)NNC(=O)CN1CC(C)C(C(=O)O)C1. The average Bonchev–Trinajstić information content (AvgIpc) is 2.56. The van der Waals surface area contributed by atoms with E-state index in [1.54, 1.807) is 4.90 Å². The van der Waals surface area contributed by atoms with Gasteiger partial charge in [0.05, 0.1) is 12.5 Å². The highest BCUT2D eigenvalue weighted by Crippen LogP contribution is 2.22. The van der Waals surface area contributed by atoms with Crippen LogP contribution in [0.25, 0.3) is 0 Å². The highest BCUT2D eigenvalue weighted by Gasteiger charge is 2.35. The van der Waals surface area contributed by atoms with E-state index in [1.165, 1.54) is 6.92 Å². The van der Waals surface area contributed by atoms with Crippen LogP contribution in [0, 0.1) is 11.8 Å². The van der Waals surface area contributed by atoms with Gasteiger partial charge in [-0.25, -0.2) is 0 Å². The second kappa shape index (κ2) is 5.62. The Bertz CT molecular complexity index is 332. The predicted octanol–water partition coefficient (Wildman–Crippen LogP) is -1.19. The summed E-state index contributed by atoms with van der Waals surface area (Å²) in [6.45, 7) is 4.17. The molecule has 0 bridgehead atoms. The first-order chi connectivity index (χ1) is 7.90. The number of amides is 2. The first-order valence-electron chi connectivity index (χ1n) is 5.40. The van der Waals surface area contributed by atoms with Crippen LogP contribution in [0.2, 0.25) is 0 Å². The van der Waals surface area contributed by atoms with Gasteiger partial charge in [-0.15, -0.1) is 0 Å². The second-order valence-corrected chi connectivity index (χ2v) is 4.35. The van der Waals surface area contributed by atoms with E-state index in [0.717, 1.165) is 0 Å². The van der Waals surface area contributed by atoms with E-state index in [0.29, 0.717) is 13.1 Å². The van der Waals surface area contributed by atoms with Crippen LogP contribution in [-0.4, -0.2) is 47.4 Å². The highest BCUT2D eigenvalue weighted by atomic mass is 16.4. The van der Waals surface area contributed by atoms with Crippen molar-refractivity contribution in [2.75, 3.05) is 19.6 Å². The van der Waals surface area contributed by atoms with Crippen molar-refractivity contribution in [2.45, 2.75) is 13.8 Å². The lowest BCUT2D eigenvalue weighted by Gasteiger charge is -2.14. The molecule has 1 aliphatic heterocycles. The molecule has 1 rings (SSSR count). The maximum atomic E-state index is 11.4. The first-order valence-corrected chi connectivity index (χ1v) is 5.40. The van der Waals surface area contributed by atoms with E-state index < -0.39 is 11.9 Å². The summed E-state index contributed by atoms with van der Waals surface area (Å²) in [5.74, 6) is -1.93. The van der Waals surface area contributed by atoms with Gasteiger partial charge in [0.1, 0.15) is 0 Å². The van der Waals surface area contributed by atoms with E-state index in [4.69, 9.17) is 5.11 Å². The normalized spacial score (nSPS) is 24.4. The lowest BCUT2D eigenvalue weighted by Crippen LogP contribution is -2.45. The zero-order chi connectivity index (χ0) is 13.0. The van der Waals surface area contributed by atoms with Crippen LogP contribution >= 0.6 is 0 Å². The number of hydrazine groups is 1. The molecule has 1 saturated heterocycles. The number of hydrogen-bond donors (Lipinski definition) is 3. The van der Waals surface area contributed by atoms with Gasteiger partial charge in [0.25, 0.3) is 5.91 Å². The summed E-state index contributed by atoms with van der Waals surface area (Å²) in [6.07, 6.45) is 0. The number of aliphatic carboxylic acids is 1. The van der Waals surface area contributed by atoms with Crippen LogP contribution < -0.4 is 10.9 Å². The first kappa shape index (κ1) is 13.4. The van der Waals surface area contributed by atoms with Crippen molar-refractivity contribution in [3.63, 3.8) is 0 Å². The van der Waals surface area contributed by atoms with Crippen molar-refractivity contribution in [3.05, 3.63) is 0 Å². The minimum absolute atomic E-state index is 0.0288. The number of carboxylic acid groups (broad SMARTS) is 1. The molecule has 0 saturated carbocycles. The minimum Gasteiger partial charge on any atom is -0.481 e. The van der Waals surface area contributed by atoms with E-state index >= 15 is 0 Å². The van der Waals surface area contributed by atoms with Crippen molar-refractivity contribution in [1.82, 2.24) is 15.8 Å². The van der Waals surface area contributed by atoms with Gasteiger partial charge in [0, 0.05) is 20.0 Å². The summed E-state index contributed by atoms with van der Waals surface area (Å²) in [4.78, 5) is 34.6. The zero-order valence-electron chi connectivity index (χ0n) is 9.90. The van der Waals surface area contributed by atoms with Crippen LogP contribution in [0.1, 0.15) is 13.8 Å². The van der Waals surface area contributed by atoms with Crippen molar-refractivity contribution in [3.8, 4) is 0 Å². The Labute approximate surface area is 99.1 Å². The monoisotopic (exact) mass is 243 g/mol. The maximum Gasteiger partial charge on any atom is 0.308 e. The molecule has 0 aliphatic carbocycles. The highest BCUT2D eigenvalue weighted by molar-refractivity contribution is 5.82. The van der Waals surface area contributed by atoms with Crippen LogP contribution in [0.15, 0.2) is 0 Å². The third-order valence-electron chi connectivity index (χ3n) is 2.75. The molecular formula is C10H17N3O4. The number of nitrogens with one attached hydrogen (secondary N) is 2. The average molecular weight is 243 g/mol. The largest absolute Gasteiger partial charge is 0.481 e. The molecular weight excluding hydrogens is 226 g/mol. The Kier molecular flexibility index (Phi) is 4.45. The van der Waals surface area contributed by atoms with Gasteiger partial charge in [0.2, 0.25) is 5.91 Å². The number of carbonyl (C=O) groups is 3. The Morgan fingerprint density at radius 3 is 2.41 bits per heavy atom. The maximum absolute atomic E-state index is 11.4. The number of carboxylic acids is 1. The van der Waals surface area contributed by atoms with Gasteiger partial charge in [0.15, 0.2) is 0 Å². The lowest BCUT2D eigenvalue weighted by atomic mass is 9.99. The molecule has 0 spiro atoms. The van der Waals surface area contributed by atoms with Crippen LogP contribution in [0.4, 0.5) is 0 Å². The van der Waals surface area contributed by atoms with Crippen LogP contribution in [-0.2, 0) is 14.4 Å². The van der Waals surface area contributed by atoms with E-state index in [1.807, 2.05) is 6.92 Å². The summed E-state index contributed by atoms with van der Waals surface area (Å²) in [5.41, 5.74) is 4.42. The van der Waals surface area contributed by atoms with Crippen molar-refractivity contribution < 1.29 is 19.5 Å². The fourth-order valence-corrected chi connectivity index (χ4v) is 1.92. The Morgan fingerprint density at radius 1 is 1.29 bits per heavy atom. The summed E-state index contributed by atoms with van der Waals surface area (Å²) < 4.78 is 0. The van der Waals surface area contributed by atoms with E-state index in [-0.39, 0.29) is 24.3 Å². The zero-order valence-corrected chi connectivity index (χ0v) is 9.90. The smallest absolute Gasteiger partial charge is 0.308 e. The molecule has 2 atom stereocenters. The summed E-state index contributed by atoms with van der Waals surface area (Å²) in [7, 11) is 0. The fraction of sp³-hybridized carbons (Fsp3) is 0.700. The molecule has 0 aromatic heterocycles. The molecule has 2 amide bonds. The molecule has 0 radical (unpaired) electrons. The second-order valence-electron chi connectivity index (χ2n) is 4.35. The number of nitrogens with zero attached hydrogens (tertiary/aromatic N) is 1. The minimum atomic E-state index is -0.831. The fourth-order valence-electron chi connectivity index (χ4n) is 1.92. The molecule has 7 nitrogen and oxygen atoms in total. The van der Waals surface area contributed by atoms with Gasteiger partial charge in [-0.05, 0) is 5.92 Å². The number of hydrogen-bond acceptors (Lipinski definition) is 4. The van der Waals surface area contributed by atoms with Gasteiger partial charge in [-0.1, -0.05) is 6.92 Å². The van der Waals surface area contributed by atoms with Gasteiger partial charge in [-0.2, -0.15) is 0 Å². The molecule has 7 heteroatoms. The third kappa shape index (κ3) is 4.03. The topological polar surface area (TPSA) is 98.7 Å². The number of rotatable bonds is 3. The van der Waals surface area contributed by atoms with Gasteiger partial charge in [-0.3, -0.25) is 30.1 Å². The van der Waals surface area contributed by atoms with E-state index in [9.17, 15) is 14.4 Å². The third-order valence-corrected chi connectivity index (χ3v) is 2.75. The Balaban J connectivity index is 2.36. The molecule has 1 heterocycles. The number of carbonyl (C=O) groups excluding carboxylic acids is 2. The van der Waals surface area contributed by atoms with E-state index in [2.05, 4.69) is 10.9 Å². The van der Waals surface area contributed by atoms with Crippen molar-refractivity contribution in [1.29, 1.82) is 0 Å². The predicted molar refractivity (Wildman–Crippen MR) is 58.7 cm³/mol. The molecule has 0 aromatic carbocycles. The summed E-state index contributed by atoms with van der Waals surface area (Å²) >= 11 is 0. The number of likely N-dealkylation sites (tertiary alicyclic amines) is 1. The molecule has 17 heavy (non-hydrogen) atoms. The molecule has 1 aliphatic rings. The molecule has 96 valence electrons. The summed E-state index contributed by atoms with van der Waals surface area (Å²) in [5, 5.41) is 8.93. The van der Waals surface area contributed by atoms with Crippen molar-refractivity contribution >= 4 is 17.8 Å². The summed E-state index contributed by atoms with van der Waals surface area (Å²) in [6, 6.07) is 0. The Hall–Kier alpha value is -1.63. The molecule has 3 N–H and O–H groups in total.